The van der Waals surface area contributed by atoms with Crippen LogP contribution in [0.25, 0.3) is 33.3 Å². The summed E-state index contributed by atoms with van der Waals surface area (Å²) in [6.07, 6.45) is 0. The van der Waals surface area contributed by atoms with E-state index < -0.39 is 0 Å². The molecule has 0 atom stereocenters. The van der Waals surface area contributed by atoms with Crippen LogP contribution in [-0.2, 0) is 5.41 Å². The van der Waals surface area contributed by atoms with Gasteiger partial charge in [-0.3, -0.25) is 0 Å². The summed E-state index contributed by atoms with van der Waals surface area (Å²) in [4.78, 5) is 4.89. The van der Waals surface area contributed by atoms with Crippen molar-refractivity contribution < 1.29 is 12.4 Å². The largest absolute Gasteiger partial charge is 1.00 e. The fraction of sp³-hybridized carbons (Fsp3) is 0.160. The zero-order valence-corrected chi connectivity index (χ0v) is 18.8. The van der Waals surface area contributed by atoms with Crippen molar-refractivity contribution in [3.63, 3.8) is 0 Å². The van der Waals surface area contributed by atoms with Gasteiger partial charge in [-0.15, -0.1) is 0 Å². The van der Waals surface area contributed by atoms with Crippen LogP contribution >= 0.6 is 23.2 Å². The average molecular weight is 442 g/mol. The standard InChI is InChI=1S/C25H21Cl2N.ClH/c1-25(2,3)17-10-8-16(9-11-17)24-15-20(19-6-4-5-7-22(19)27)21-14-18(26)12-13-23(21)28-24;/h4-15H,1-3H3;1H/p-1. The first-order chi connectivity index (χ1) is 13.3. The first-order valence-electron chi connectivity index (χ1n) is 9.29. The number of benzene rings is 3. The summed E-state index contributed by atoms with van der Waals surface area (Å²) >= 11 is 12.8. The monoisotopic (exact) mass is 440 g/mol. The van der Waals surface area contributed by atoms with E-state index in [0.29, 0.717) is 10.0 Å². The predicted molar refractivity (Wildman–Crippen MR) is 121 cm³/mol. The Kier molecular flexibility index (Phi) is 6.24. The van der Waals surface area contributed by atoms with Gasteiger partial charge < -0.3 is 12.4 Å². The van der Waals surface area contributed by atoms with Crippen LogP contribution in [0.2, 0.25) is 10.0 Å². The molecule has 1 heterocycles. The molecule has 0 spiro atoms. The van der Waals surface area contributed by atoms with E-state index in [9.17, 15) is 0 Å². The van der Waals surface area contributed by atoms with Crippen molar-refractivity contribution in [1.29, 1.82) is 0 Å². The molecule has 4 rings (SSSR count). The molecule has 4 heteroatoms. The van der Waals surface area contributed by atoms with Gasteiger partial charge in [0.2, 0.25) is 0 Å². The summed E-state index contributed by atoms with van der Waals surface area (Å²) in [6.45, 7) is 6.65. The lowest BCUT2D eigenvalue weighted by Gasteiger charge is -2.19. The topological polar surface area (TPSA) is 12.9 Å². The van der Waals surface area contributed by atoms with Gasteiger partial charge in [-0.1, -0.05) is 86.4 Å². The van der Waals surface area contributed by atoms with Crippen LogP contribution in [0.3, 0.4) is 0 Å². The number of nitrogens with zero attached hydrogens (tertiary/aromatic N) is 1. The minimum absolute atomic E-state index is 0. The van der Waals surface area contributed by atoms with Gasteiger partial charge in [0.05, 0.1) is 11.2 Å². The quantitative estimate of drug-likeness (QED) is 0.418. The number of fused-ring (bicyclic) bond motifs is 1. The van der Waals surface area contributed by atoms with Crippen molar-refractivity contribution in [3.05, 3.63) is 88.4 Å². The molecule has 0 fully saturated rings. The Labute approximate surface area is 188 Å². The lowest BCUT2D eigenvalue weighted by atomic mass is 9.86. The molecule has 0 saturated heterocycles. The minimum atomic E-state index is 0. The maximum atomic E-state index is 6.51. The molecule has 0 aliphatic carbocycles. The smallest absolute Gasteiger partial charge is 0.0716 e. The molecule has 0 aliphatic heterocycles. The highest BCUT2D eigenvalue weighted by atomic mass is 35.5. The number of rotatable bonds is 2. The summed E-state index contributed by atoms with van der Waals surface area (Å²) in [6, 6.07) is 24.4. The van der Waals surface area contributed by atoms with Gasteiger partial charge in [-0.05, 0) is 46.9 Å². The third-order valence-corrected chi connectivity index (χ3v) is 5.55. The van der Waals surface area contributed by atoms with Crippen molar-refractivity contribution in [2.45, 2.75) is 26.2 Å². The Morgan fingerprint density at radius 3 is 2.10 bits per heavy atom. The summed E-state index contributed by atoms with van der Waals surface area (Å²) in [7, 11) is 0. The Morgan fingerprint density at radius 1 is 0.759 bits per heavy atom. The number of halogens is 3. The van der Waals surface area contributed by atoms with E-state index in [1.54, 1.807) is 0 Å². The van der Waals surface area contributed by atoms with Crippen molar-refractivity contribution in [2.24, 2.45) is 0 Å². The average Bonchev–Trinajstić information content (AvgIpc) is 2.67. The van der Waals surface area contributed by atoms with E-state index in [1.807, 2.05) is 42.5 Å². The summed E-state index contributed by atoms with van der Waals surface area (Å²) < 4.78 is 0. The predicted octanol–water partition coefficient (Wildman–Crippen LogP) is 5.18. The molecule has 3 aromatic carbocycles. The molecule has 0 radical (unpaired) electrons. The van der Waals surface area contributed by atoms with Crippen LogP contribution in [0.4, 0.5) is 0 Å². The molecule has 1 aromatic heterocycles. The van der Waals surface area contributed by atoms with E-state index in [-0.39, 0.29) is 17.8 Å². The first-order valence-corrected chi connectivity index (χ1v) is 10.0. The Morgan fingerprint density at radius 2 is 1.45 bits per heavy atom. The van der Waals surface area contributed by atoms with Crippen LogP contribution in [0.15, 0.2) is 72.8 Å². The number of aromatic nitrogens is 1. The van der Waals surface area contributed by atoms with Crippen molar-refractivity contribution in [3.8, 4) is 22.4 Å². The minimum Gasteiger partial charge on any atom is -1.00 e. The van der Waals surface area contributed by atoms with Gasteiger partial charge >= 0.3 is 0 Å². The van der Waals surface area contributed by atoms with Crippen LogP contribution in [0.5, 0.6) is 0 Å². The van der Waals surface area contributed by atoms with Crippen LogP contribution in [0, 0.1) is 0 Å². The van der Waals surface area contributed by atoms with Gasteiger partial charge in [0.1, 0.15) is 0 Å². The fourth-order valence-corrected chi connectivity index (χ4v) is 3.80. The van der Waals surface area contributed by atoms with Crippen molar-refractivity contribution in [1.82, 2.24) is 4.98 Å². The van der Waals surface area contributed by atoms with E-state index in [1.165, 1.54) is 5.56 Å². The van der Waals surface area contributed by atoms with E-state index in [2.05, 4.69) is 51.1 Å². The number of hydrogen-bond acceptors (Lipinski definition) is 1. The Balaban J connectivity index is 0.00000240. The molecule has 0 amide bonds. The summed E-state index contributed by atoms with van der Waals surface area (Å²) in [5, 5.41) is 2.39. The molecule has 0 unspecified atom stereocenters. The second-order valence-corrected chi connectivity index (χ2v) is 8.87. The van der Waals surface area contributed by atoms with Gasteiger partial charge in [-0.25, -0.2) is 4.98 Å². The molecule has 29 heavy (non-hydrogen) atoms. The summed E-state index contributed by atoms with van der Waals surface area (Å²) in [5.74, 6) is 0. The highest BCUT2D eigenvalue weighted by molar-refractivity contribution is 6.34. The van der Waals surface area contributed by atoms with E-state index in [0.717, 1.165) is 33.3 Å². The molecule has 148 valence electrons. The maximum absolute atomic E-state index is 6.51. The third kappa shape index (κ3) is 4.43. The van der Waals surface area contributed by atoms with Gasteiger partial charge in [0.15, 0.2) is 0 Å². The van der Waals surface area contributed by atoms with Crippen LogP contribution < -0.4 is 12.4 Å². The van der Waals surface area contributed by atoms with Gasteiger partial charge in [0, 0.05) is 26.6 Å². The molecule has 4 aromatic rings. The van der Waals surface area contributed by atoms with E-state index >= 15 is 0 Å². The zero-order valence-electron chi connectivity index (χ0n) is 16.5. The molecule has 0 N–H and O–H groups in total. The zero-order chi connectivity index (χ0) is 19.9. The van der Waals surface area contributed by atoms with Crippen LogP contribution in [-0.4, -0.2) is 4.98 Å². The third-order valence-electron chi connectivity index (χ3n) is 4.98. The van der Waals surface area contributed by atoms with Crippen molar-refractivity contribution >= 4 is 34.1 Å². The van der Waals surface area contributed by atoms with E-state index in [4.69, 9.17) is 28.2 Å². The second-order valence-electron chi connectivity index (χ2n) is 8.02. The summed E-state index contributed by atoms with van der Waals surface area (Å²) in [5.41, 5.74) is 6.34. The Hall–Kier alpha value is -2.06. The highest BCUT2D eigenvalue weighted by Crippen LogP contribution is 2.37. The first kappa shape index (κ1) is 21.6. The molecule has 0 aliphatic rings. The molecule has 0 bridgehead atoms. The fourth-order valence-electron chi connectivity index (χ4n) is 3.39. The van der Waals surface area contributed by atoms with Gasteiger partial charge in [-0.2, -0.15) is 0 Å². The number of pyridine rings is 1. The normalized spacial score (nSPS) is 11.3. The maximum Gasteiger partial charge on any atom is 0.0716 e. The molecule has 0 saturated carbocycles. The van der Waals surface area contributed by atoms with Crippen LogP contribution in [0.1, 0.15) is 26.3 Å². The van der Waals surface area contributed by atoms with Crippen molar-refractivity contribution in [2.75, 3.05) is 0 Å². The van der Waals surface area contributed by atoms with Gasteiger partial charge in [0.25, 0.3) is 0 Å². The highest BCUT2D eigenvalue weighted by Gasteiger charge is 2.15. The lowest BCUT2D eigenvalue weighted by molar-refractivity contribution is -0.00000579. The second kappa shape index (κ2) is 8.36. The molecule has 1 nitrogen and oxygen atoms in total. The lowest BCUT2D eigenvalue weighted by Crippen LogP contribution is -3.00. The molecular weight excluding hydrogens is 421 g/mol. The number of hydrogen-bond donors (Lipinski definition) is 0. The Bertz CT molecular complexity index is 1160. The molecular formula is C25H21Cl3N-. The SMILES string of the molecule is CC(C)(C)c1ccc(-c2cc(-c3ccccc3Cl)c3cc(Cl)ccc3n2)cc1.[Cl-].